The molecule has 57 valence electrons. The Morgan fingerprint density at radius 3 is 2.00 bits per heavy atom. The van der Waals surface area contributed by atoms with Crippen molar-refractivity contribution in [2.45, 2.75) is 26.4 Å². The normalized spacial score (nSPS) is 10.7. The van der Waals surface area contributed by atoms with Gasteiger partial charge in [0.2, 0.25) is 0 Å². The minimum atomic E-state index is -1.52. The van der Waals surface area contributed by atoms with Gasteiger partial charge in [-0.15, -0.1) is 0 Å². The molecule has 0 unspecified atom stereocenters. The van der Waals surface area contributed by atoms with Gasteiger partial charge in [0.15, 0.2) is 0 Å². The van der Waals surface area contributed by atoms with Crippen molar-refractivity contribution in [3.63, 3.8) is 0 Å². The average molecular weight is 143 g/mol. The molecule has 0 aromatic heterocycles. The van der Waals surface area contributed by atoms with E-state index in [0.29, 0.717) is 5.57 Å². The second-order valence-electron chi connectivity index (χ2n) is 2.64. The topological polar surface area (TPSA) is 46.2 Å². The summed E-state index contributed by atoms with van der Waals surface area (Å²) < 4.78 is 4.41. The molecule has 0 bridgehead atoms. The third-order valence-electron chi connectivity index (χ3n) is 1.37. The first-order valence-corrected chi connectivity index (χ1v) is 2.92. The predicted octanol–water partition coefficient (Wildman–Crippen LogP) is 1.91. The Morgan fingerprint density at radius 1 is 1.50 bits per heavy atom. The van der Waals surface area contributed by atoms with Crippen molar-refractivity contribution < 1.29 is 14.6 Å². The average Bonchev–Trinajstić information content (AvgIpc) is 1.60. The van der Waals surface area contributed by atoms with Gasteiger partial charge in [0.1, 0.15) is 5.60 Å². The highest BCUT2D eigenvalue weighted by atomic mass is 16.7. The molecule has 0 N–H and O–H groups in total. The van der Waals surface area contributed by atoms with E-state index >= 15 is 0 Å². The molecular formula is C7H11O3. The van der Waals surface area contributed by atoms with Crippen LogP contribution in [0.15, 0.2) is 12.2 Å². The van der Waals surface area contributed by atoms with Crippen LogP contribution in [0.4, 0.5) is 4.79 Å². The third-order valence-corrected chi connectivity index (χ3v) is 1.37. The summed E-state index contributed by atoms with van der Waals surface area (Å²) in [5.74, 6) is 0. The lowest BCUT2D eigenvalue weighted by Crippen LogP contribution is -2.27. The molecule has 0 atom stereocenters. The van der Waals surface area contributed by atoms with E-state index in [4.69, 9.17) is 0 Å². The Hall–Kier alpha value is -0.990. The minimum Gasteiger partial charge on any atom is -0.421 e. The smallest absolute Gasteiger partial charge is 0.421 e. The van der Waals surface area contributed by atoms with Gasteiger partial charge >= 0.3 is 6.16 Å². The molecule has 0 rings (SSSR count). The quantitative estimate of drug-likeness (QED) is 0.437. The summed E-state index contributed by atoms with van der Waals surface area (Å²) in [5, 5.41) is 9.94. The lowest BCUT2D eigenvalue weighted by atomic mass is 10.0. The van der Waals surface area contributed by atoms with Crippen LogP contribution >= 0.6 is 0 Å². The minimum absolute atomic E-state index is 0.650. The van der Waals surface area contributed by atoms with E-state index < -0.39 is 11.8 Å². The SMILES string of the molecule is C=C(C)C(C)(C)OC([O])=O. The summed E-state index contributed by atoms with van der Waals surface area (Å²) in [4.78, 5) is 9.94. The van der Waals surface area contributed by atoms with Crippen molar-refractivity contribution in [2.75, 3.05) is 0 Å². The Labute approximate surface area is 60.3 Å². The number of ether oxygens (including phenoxy) is 1. The highest BCUT2D eigenvalue weighted by molar-refractivity contribution is 5.57. The highest BCUT2D eigenvalue weighted by Crippen LogP contribution is 2.18. The van der Waals surface area contributed by atoms with Crippen LogP contribution in [-0.4, -0.2) is 11.8 Å². The summed E-state index contributed by atoms with van der Waals surface area (Å²) in [6.07, 6.45) is -1.52. The van der Waals surface area contributed by atoms with Gasteiger partial charge in [-0.25, -0.2) is 0 Å². The Balaban J connectivity index is 4.13. The van der Waals surface area contributed by atoms with Crippen LogP contribution in [0.1, 0.15) is 20.8 Å². The van der Waals surface area contributed by atoms with Crippen LogP contribution in [-0.2, 0) is 9.84 Å². The summed E-state index contributed by atoms with van der Waals surface area (Å²) in [6, 6.07) is 0. The fourth-order valence-corrected chi connectivity index (χ4v) is 0.295. The van der Waals surface area contributed by atoms with E-state index in [1.54, 1.807) is 20.8 Å². The molecule has 0 amide bonds. The van der Waals surface area contributed by atoms with Gasteiger partial charge in [-0.3, -0.25) is 0 Å². The van der Waals surface area contributed by atoms with Crippen molar-refractivity contribution in [1.82, 2.24) is 0 Å². The highest BCUT2D eigenvalue weighted by Gasteiger charge is 2.23. The Kier molecular flexibility index (Phi) is 2.46. The standard InChI is InChI=1S/C7H11O3/c1-5(2)7(3,4)10-6(8)9/h1H2,2-4H3. The summed E-state index contributed by atoms with van der Waals surface area (Å²) in [5.41, 5.74) is -0.185. The first-order valence-electron chi connectivity index (χ1n) is 2.92. The molecule has 0 fully saturated rings. The summed E-state index contributed by atoms with van der Waals surface area (Å²) >= 11 is 0. The first-order chi connectivity index (χ1) is 4.36. The van der Waals surface area contributed by atoms with E-state index in [1.165, 1.54) is 0 Å². The maximum absolute atomic E-state index is 9.94. The van der Waals surface area contributed by atoms with Crippen molar-refractivity contribution >= 4 is 6.16 Å². The fraction of sp³-hybridized carbons (Fsp3) is 0.571. The van der Waals surface area contributed by atoms with Gasteiger partial charge in [0, 0.05) is 0 Å². The summed E-state index contributed by atoms with van der Waals surface area (Å²) in [7, 11) is 0. The van der Waals surface area contributed by atoms with Crippen LogP contribution < -0.4 is 0 Å². The molecule has 0 saturated heterocycles. The molecule has 0 spiro atoms. The van der Waals surface area contributed by atoms with Crippen LogP contribution in [0.25, 0.3) is 0 Å². The first kappa shape index (κ1) is 9.01. The number of carbonyl (C=O) groups is 1. The Morgan fingerprint density at radius 2 is 1.90 bits per heavy atom. The number of rotatable bonds is 2. The van der Waals surface area contributed by atoms with Gasteiger partial charge < -0.3 is 4.74 Å². The van der Waals surface area contributed by atoms with Crippen LogP contribution in [0.2, 0.25) is 0 Å². The maximum Gasteiger partial charge on any atom is 0.550 e. The molecule has 0 aliphatic heterocycles. The second kappa shape index (κ2) is 2.73. The number of hydrogen-bond donors (Lipinski definition) is 0. The van der Waals surface area contributed by atoms with Crippen molar-refractivity contribution in [3.8, 4) is 0 Å². The van der Waals surface area contributed by atoms with Crippen molar-refractivity contribution in [1.29, 1.82) is 0 Å². The van der Waals surface area contributed by atoms with Crippen molar-refractivity contribution in [3.05, 3.63) is 12.2 Å². The van der Waals surface area contributed by atoms with Gasteiger partial charge in [0.25, 0.3) is 0 Å². The van der Waals surface area contributed by atoms with E-state index in [2.05, 4.69) is 11.3 Å². The predicted molar refractivity (Wildman–Crippen MR) is 36.1 cm³/mol. The van der Waals surface area contributed by atoms with Crippen LogP contribution in [0, 0.1) is 0 Å². The number of carbonyl (C=O) groups excluding carboxylic acids is 1. The molecule has 10 heavy (non-hydrogen) atoms. The molecule has 0 heterocycles. The van der Waals surface area contributed by atoms with Crippen LogP contribution in [0.5, 0.6) is 0 Å². The molecule has 0 aliphatic rings. The molecule has 3 nitrogen and oxygen atoms in total. The third kappa shape index (κ3) is 2.53. The van der Waals surface area contributed by atoms with Gasteiger partial charge in [-0.2, -0.15) is 9.90 Å². The zero-order chi connectivity index (χ0) is 8.36. The van der Waals surface area contributed by atoms with E-state index in [1.807, 2.05) is 0 Å². The molecule has 0 aliphatic carbocycles. The number of hydrogen-bond acceptors (Lipinski definition) is 2. The molecule has 1 radical (unpaired) electrons. The lowest BCUT2D eigenvalue weighted by Gasteiger charge is -2.22. The maximum atomic E-state index is 9.94. The largest absolute Gasteiger partial charge is 0.550 e. The van der Waals surface area contributed by atoms with Gasteiger partial charge in [0.05, 0.1) is 0 Å². The van der Waals surface area contributed by atoms with E-state index in [9.17, 15) is 9.90 Å². The second-order valence-corrected chi connectivity index (χ2v) is 2.64. The van der Waals surface area contributed by atoms with E-state index in [0.717, 1.165) is 0 Å². The fourth-order valence-electron chi connectivity index (χ4n) is 0.295. The van der Waals surface area contributed by atoms with Gasteiger partial charge in [-0.05, 0) is 26.3 Å². The molecule has 0 aromatic rings. The lowest BCUT2D eigenvalue weighted by molar-refractivity contribution is 0.00774. The van der Waals surface area contributed by atoms with Crippen LogP contribution in [0.3, 0.4) is 0 Å². The van der Waals surface area contributed by atoms with Gasteiger partial charge in [-0.1, -0.05) is 6.58 Å². The molecule has 0 aromatic carbocycles. The molecular weight excluding hydrogens is 132 g/mol. The summed E-state index contributed by atoms with van der Waals surface area (Å²) in [6.45, 7) is 8.49. The molecule has 3 heteroatoms. The Bertz CT molecular complexity index is 158. The van der Waals surface area contributed by atoms with Crippen molar-refractivity contribution in [2.24, 2.45) is 0 Å². The molecule has 0 saturated carbocycles. The zero-order valence-corrected chi connectivity index (χ0v) is 6.43. The monoisotopic (exact) mass is 143 g/mol. The zero-order valence-electron chi connectivity index (χ0n) is 6.43. The van der Waals surface area contributed by atoms with E-state index in [-0.39, 0.29) is 0 Å².